The molecule has 0 unspecified atom stereocenters. The van der Waals surface area contributed by atoms with Crippen LogP contribution in [-0.4, -0.2) is 33.5 Å². The SMILES string of the molecule is O=c1nc2n(cc1C(F)(F)F)[C@H]1CC[C@@](CO)(CO2)O1. The summed E-state index contributed by atoms with van der Waals surface area (Å²) in [7, 11) is 0. The molecule has 2 aliphatic heterocycles. The Morgan fingerprint density at radius 3 is 2.95 bits per heavy atom. The van der Waals surface area contributed by atoms with Crippen molar-refractivity contribution in [1.82, 2.24) is 9.55 Å². The zero-order valence-corrected chi connectivity index (χ0v) is 10.2. The second kappa shape index (κ2) is 4.19. The summed E-state index contributed by atoms with van der Waals surface area (Å²) in [6.07, 6.45) is -3.98. The van der Waals surface area contributed by atoms with Crippen LogP contribution in [0.3, 0.4) is 0 Å². The Hall–Kier alpha value is -1.61. The van der Waals surface area contributed by atoms with E-state index in [0.29, 0.717) is 19.0 Å². The smallest absolute Gasteiger partial charge is 0.423 e. The quantitative estimate of drug-likeness (QED) is 0.824. The number of nitrogens with zero attached hydrogens (tertiary/aromatic N) is 2. The molecule has 0 spiro atoms. The Balaban J connectivity index is 2.09. The average Bonchev–Trinajstić information content (AvgIpc) is 2.72. The number of fused-ring (bicyclic) bond motifs is 4. The number of alkyl halides is 3. The first-order valence-electron chi connectivity index (χ1n) is 5.96. The zero-order valence-electron chi connectivity index (χ0n) is 10.2. The van der Waals surface area contributed by atoms with Crippen molar-refractivity contribution in [3.8, 4) is 6.01 Å². The minimum atomic E-state index is -4.79. The van der Waals surface area contributed by atoms with Gasteiger partial charge in [-0.1, -0.05) is 0 Å². The summed E-state index contributed by atoms with van der Waals surface area (Å²) < 4.78 is 50.0. The highest BCUT2D eigenvalue weighted by atomic mass is 19.4. The predicted molar refractivity (Wildman–Crippen MR) is 58.2 cm³/mol. The third-order valence-corrected chi connectivity index (χ3v) is 3.52. The average molecular weight is 292 g/mol. The van der Waals surface area contributed by atoms with Crippen molar-refractivity contribution in [2.24, 2.45) is 0 Å². The van der Waals surface area contributed by atoms with Crippen LogP contribution >= 0.6 is 0 Å². The highest BCUT2D eigenvalue weighted by Gasteiger charge is 2.46. The molecule has 0 aromatic carbocycles. The molecule has 9 heteroatoms. The number of halogens is 3. The molecule has 0 amide bonds. The van der Waals surface area contributed by atoms with E-state index >= 15 is 0 Å². The Morgan fingerprint density at radius 1 is 1.55 bits per heavy atom. The summed E-state index contributed by atoms with van der Waals surface area (Å²) >= 11 is 0. The third kappa shape index (κ3) is 1.97. The largest absolute Gasteiger partial charge is 0.461 e. The van der Waals surface area contributed by atoms with Gasteiger partial charge in [-0.15, -0.1) is 0 Å². The van der Waals surface area contributed by atoms with Gasteiger partial charge in [-0.25, -0.2) is 0 Å². The topological polar surface area (TPSA) is 73.6 Å². The van der Waals surface area contributed by atoms with E-state index in [4.69, 9.17) is 9.47 Å². The van der Waals surface area contributed by atoms with E-state index in [9.17, 15) is 23.1 Å². The lowest BCUT2D eigenvalue weighted by Crippen LogP contribution is -2.38. The fraction of sp³-hybridized carbons (Fsp3) is 0.636. The molecule has 6 nitrogen and oxygen atoms in total. The van der Waals surface area contributed by atoms with Crippen LogP contribution in [0.1, 0.15) is 24.6 Å². The van der Waals surface area contributed by atoms with E-state index < -0.39 is 29.1 Å². The van der Waals surface area contributed by atoms with Crippen LogP contribution in [0.15, 0.2) is 11.0 Å². The van der Waals surface area contributed by atoms with Crippen molar-refractivity contribution in [3.05, 3.63) is 22.1 Å². The zero-order chi connectivity index (χ0) is 14.5. The molecule has 1 fully saturated rings. The van der Waals surface area contributed by atoms with Crippen molar-refractivity contribution in [1.29, 1.82) is 0 Å². The molecule has 2 atom stereocenters. The Kier molecular flexibility index (Phi) is 2.80. The molecule has 0 radical (unpaired) electrons. The molecule has 2 aliphatic rings. The lowest BCUT2D eigenvalue weighted by Gasteiger charge is -2.23. The molecule has 1 saturated heterocycles. The maximum Gasteiger partial charge on any atom is 0.423 e. The fourth-order valence-corrected chi connectivity index (χ4v) is 2.41. The first kappa shape index (κ1) is 13.4. The molecule has 1 N–H and O–H groups in total. The number of rotatable bonds is 1. The summed E-state index contributed by atoms with van der Waals surface area (Å²) in [5.74, 6) is 0. The van der Waals surface area contributed by atoms with Crippen molar-refractivity contribution < 1.29 is 27.8 Å². The maximum absolute atomic E-state index is 12.7. The van der Waals surface area contributed by atoms with E-state index in [0.717, 1.165) is 4.57 Å². The molecule has 3 rings (SSSR count). The Bertz CT molecular complexity index is 600. The summed E-state index contributed by atoms with van der Waals surface area (Å²) in [4.78, 5) is 14.7. The van der Waals surface area contributed by atoms with Gasteiger partial charge in [0.05, 0.1) is 6.61 Å². The number of aromatic nitrogens is 2. The van der Waals surface area contributed by atoms with Gasteiger partial charge < -0.3 is 14.6 Å². The highest BCUT2D eigenvalue weighted by molar-refractivity contribution is 5.16. The van der Waals surface area contributed by atoms with Gasteiger partial charge in [-0.05, 0) is 12.8 Å². The van der Waals surface area contributed by atoms with Crippen LogP contribution in [0, 0.1) is 0 Å². The summed E-state index contributed by atoms with van der Waals surface area (Å²) in [6, 6.07) is -0.219. The number of hydrogen-bond acceptors (Lipinski definition) is 5. The Labute approximate surface area is 110 Å². The molecule has 20 heavy (non-hydrogen) atoms. The third-order valence-electron chi connectivity index (χ3n) is 3.52. The molecular formula is C11H11F3N2O4. The van der Waals surface area contributed by atoms with Crippen LogP contribution in [0.5, 0.6) is 6.01 Å². The van der Waals surface area contributed by atoms with Gasteiger partial charge >= 0.3 is 12.2 Å². The number of aliphatic hydroxyl groups is 1. The molecule has 2 bridgehead atoms. The molecule has 110 valence electrons. The van der Waals surface area contributed by atoms with Crippen molar-refractivity contribution in [3.63, 3.8) is 0 Å². The van der Waals surface area contributed by atoms with Gasteiger partial charge in [0.25, 0.3) is 5.56 Å². The monoisotopic (exact) mass is 292 g/mol. The molecule has 1 aromatic heterocycles. The second-order valence-electron chi connectivity index (χ2n) is 4.89. The van der Waals surface area contributed by atoms with Crippen LogP contribution < -0.4 is 10.3 Å². The van der Waals surface area contributed by atoms with Crippen molar-refractivity contribution >= 4 is 0 Å². The minimum absolute atomic E-state index is 0.0577. The lowest BCUT2D eigenvalue weighted by molar-refractivity contribution is -0.139. The molecule has 0 aliphatic carbocycles. The second-order valence-corrected chi connectivity index (χ2v) is 4.89. The lowest BCUT2D eigenvalue weighted by atomic mass is 10.0. The van der Waals surface area contributed by atoms with E-state index in [1.165, 1.54) is 0 Å². The van der Waals surface area contributed by atoms with Gasteiger partial charge in [-0.3, -0.25) is 9.36 Å². The number of aliphatic hydroxyl groups excluding tert-OH is 1. The van der Waals surface area contributed by atoms with E-state index in [2.05, 4.69) is 4.98 Å². The van der Waals surface area contributed by atoms with E-state index in [-0.39, 0.29) is 19.2 Å². The summed E-state index contributed by atoms with van der Waals surface area (Å²) in [5.41, 5.74) is -3.70. The molecule has 1 aromatic rings. The highest BCUT2D eigenvalue weighted by Crippen LogP contribution is 2.41. The van der Waals surface area contributed by atoms with E-state index in [1.807, 2.05) is 0 Å². The summed E-state index contributed by atoms with van der Waals surface area (Å²) in [5, 5.41) is 9.33. The minimum Gasteiger partial charge on any atom is -0.461 e. The first-order chi connectivity index (χ1) is 9.35. The van der Waals surface area contributed by atoms with Gasteiger partial charge in [-0.2, -0.15) is 18.2 Å². The van der Waals surface area contributed by atoms with Gasteiger partial charge in [0.15, 0.2) is 0 Å². The van der Waals surface area contributed by atoms with Crippen LogP contribution in [0.4, 0.5) is 13.2 Å². The molecule has 0 saturated carbocycles. The van der Waals surface area contributed by atoms with Gasteiger partial charge in [0, 0.05) is 6.20 Å². The van der Waals surface area contributed by atoms with Gasteiger partial charge in [0.2, 0.25) is 0 Å². The van der Waals surface area contributed by atoms with Crippen LogP contribution in [-0.2, 0) is 10.9 Å². The van der Waals surface area contributed by atoms with Gasteiger partial charge in [0.1, 0.15) is 24.0 Å². The first-order valence-corrected chi connectivity index (χ1v) is 5.96. The van der Waals surface area contributed by atoms with Crippen molar-refractivity contribution in [2.75, 3.05) is 13.2 Å². The Morgan fingerprint density at radius 2 is 2.30 bits per heavy atom. The van der Waals surface area contributed by atoms with Crippen LogP contribution in [0.25, 0.3) is 0 Å². The maximum atomic E-state index is 12.7. The molecule has 3 heterocycles. The summed E-state index contributed by atoms with van der Waals surface area (Å²) in [6.45, 7) is -0.369. The van der Waals surface area contributed by atoms with Crippen LogP contribution in [0.2, 0.25) is 0 Å². The van der Waals surface area contributed by atoms with Crippen molar-refractivity contribution in [2.45, 2.75) is 30.8 Å². The molecular weight excluding hydrogens is 281 g/mol. The fourth-order valence-electron chi connectivity index (χ4n) is 2.41. The number of ether oxygens (including phenoxy) is 2. The standard InChI is InChI=1S/C11H11F3N2O4/c12-11(13,14)6-3-16-7-1-2-10(4-17,20-7)5-19-9(16)15-8(6)18/h3,7,17H,1-2,4-5H2/t7-,10-/m1/s1. The number of hydrogen-bond donors (Lipinski definition) is 1. The van der Waals surface area contributed by atoms with E-state index in [1.54, 1.807) is 0 Å². The predicted octanol–water partition coefficient (Wildman–Crippen LogP) is 0.695. The normalized spacial score (nSPS) is 28.7.